The first-order chi connectivity index (χ1) is 14.0. The van der Waals surface area contributed by atoms with Gasteiger partial charge in [0, 0.05) is 45.2 Å². The number of hydrogen-bond donors (Lipinski definition) is 0. The van der Waals surface area contributed by atoms with Crippen molar-refractivity contribution in [3.8, 4) is 6.07 Å². The summed E-state index contributed by atoms with van der Waals surface area (Å²) in [5, 5.41) is 8.90. The highest BCUT2D eigenvalue weighted by molar-refractivity contribution is 7.89. The summed E-state index contributed by atoms with van der Waals surface area (Å²) in [6.07, 6.45) is 5.35. The topological polar surface area (TPSA) is 86.5 Å². The number of nitrogens with zero attached hydrogens (tertiary/aromatic N) is 4. The molecule has 2 saturated heterocycles. The third-order valence-corrected chi connectivity index (χ3v) is 7.86. The third kappa shape index (κ3) is 3.79. The molecule has 2 atom stereocenters. The molecule has 7 nitrogen and oxygen atoms in total. The lowest BCUT2D eigenvalue weighted by atomic mass is 9.88. The Morgan fingerprint density at radius 2 is 1.90 bits per heavy atom. The lowest BCUT2D eigenvalue weighted by Crippen LogP contribution is -2.60. The maximum Gasteiger partial charge on any atom is 0.243 e. The largest absolute Gasteiger partial charge is 0.378 e. The first-order valence-electron chi connectivity index (χ1n) is 9.73. The molecule has 8 heteroatoms. The van der Waals surface area contributed by atoms with Gasteiger partial charge in [-0.1, -0.05) is 6.07 Å². The summed E-state index contributed by atoms with van der Waals surface area (Å²) in [7, 11) is -1.80. The molecule has 0 spiro atoms. The number of rotatable bonds is 5. The van der Waals surface area contributed by atoms with E-state index in [1.54, 1.807) is 29.7 Å². The molecule has 0 saturated carbocycles. The number of aromatic nitrogens is 1. The van der Waals surface area contributed by atoms with Crippen LogP contribution in [0, 0.1) is 11.3 Å². The van der Waals surface area contributed by atoms with Crippen molar-refractivity contribution in [1.82, 2.24) is 14.2 Å². The minimum Gasteiger partial charge on any atom is -0.378 e. The van der Waals surface area contributed by atoms with E-state index in [1.807, 2.05) is 18.3 Å². The van der Waals surface area contributed by atoms with E-state index >= 15 is 0 Å². The summed E-state index contributed by atoms with van der Waals surface area (Å²) in [5.74, 6) is 0. The molecule has 1 aromatic carbocycles. The zero-order valence-electron chi connectivity index (χ0n) is 16.3. The zero-order chi connectivity index (χ0) is 20.4. The number of nitriles is 1. The summed E-state index contributed by atoms with van der Waals surface area (Å²) in [6, 6.07) is 12.6. The highest BCUT2D eigenvalue weighted by Crippen LogP contribution is 2.39. The van der Waals surface area contributed by atoms with Gasteiger partial charge in [0.05, 0.1) is 28.7 Å². The van der Waals surface area contributed by atoms with Crippen LogP contribution in [0.1, 0.15) is 30.0 Å². The van der Waals surface area contributed by atoms with Crippen LogP contribution in [0.3, 0.4) is 0 Å². The number of ether oxygens (including phenoxy) is 1. The Labute approximate surface area is 171 Å². The van der Waals surface area contributed by atoms with Gasteiger partial charge in [0.2, 0.25) is 10.0 Å². The van der Waals surface area contributed by atoms with Crippen LogP contribution >= 0.6 is 0 Å². The highest BCUT2D eigenvalue weighted by Gasteiger charge is 2.45. The summed E-state index contributed by atoms with van der Waals surface area (Å²) >= 11 is 0. The maximum atomic E-state index is 12.9. The molecule has 0 amide bonds. The average Bonchev–Trinajstić information content (AvgIpc) is 2.74. The predicted molar refractivity (Wildman–Crippen MR) is 107 cm³/mol. The van der Waals surface area contributed by atoms with Crippen LogP contribution in [0.5, 0.6) is 0 Å². The standard InChI is InChI=1S/C21H24N4O3S/c1-28-20-15-25(21(20)17-3-2-10-23-14-17)18-8-11-24(12-9-18)29(26,27)19-6-4-16(13-22)5-7-19/h2-7,10,14,18,20-21H,8-9,11-12,15H2,1H3/t20-,21-/m0/s1. The third-order valence-electron chi connectivity index (χ3n) is 5.94. The van der Waals surface area contributed by atoms with E-state index in [9.17, 15) is 8.42 Å². The molecule has 1 aromatic heterocycles. The molecule has 2 aliphatic rings. The molecule has 0 N–H and O–H groups in total. The Morgan fingerprint density at radius 3 is 2.48 bits per heavy atom. The lowest BCUT2D eigenvalue weighted by molar-refractivity contribution is -0.114. The van der Waals surface area contributed by atoms with Crippen LogP contribution in [0.4, 0.5) is 0 Å². The molecule has 0 radical (unpaired) electrons. The fourth-order valence-electron chi connectivity index (χ4n) is 4.30. The second-order valence-electron chi connectivity index (χ2n) is 7.47. The second kappa shape index (κ2) is 8.20. The van der Waals surface area contributed by atoms with Crippen LogP contribution in [0.2, 0.25) is 0 Å². The minimum atomic E-state index is -3.54. The van der Waals surface area contributed by atoms with Crippen LogP contribution in [-0.4, -0.2) is 61.5 Å². The molecule has 4 rings (SSSR count). The van der Waals surface area contributed by atoms with Crippen LogP contribution < -0.4 is 0 Å². The van der Waals surface area contributed by atoms with Crippen LogP contribution in [0.25, 0.3) is 0 Å². The molecule has 0 unspecified atom stereocenters. The van der Waals surface area contributed by atoms with Crippen molar-refractivity contribution in [3.05, 3.63) is 59.9 Å². The first kappa shape index (κ1) is 20.0. The van der Waals surface area contributed by atoms with Gasteiger partial charge in [0.25, 0.3) is 0 Å². The molecule has 152 valence electrons. The number of sulfonamides is 1. The van der Waals surface area contributed by atoms with Gasteiger partial charge in [-0.25, -0.2) is 8.42 Å². The quantitative estimate of drug-likeness (QED) is 0.748. The maximum absolute atomic E-state index is 12.9. The van der Waals surface area contributed by atoms with E-state index in [4.69, 9.17) is 10.00 Å². The van der Waals surface area contributed by atoms with E-state index in [-0.39, 0.29) is 17.0 Å². The summed E-state index contributed by atoms with van der Waals surface area (Å²) in [6.45, 7) is 1.82. The van der Waals surface area contributed by atoms with Gasteiger partial charge in [-0.3, -0.25) is 9.88 Å². The minimum absolute atomic E-state index is 0.139. The Hall–Kier alpha value is -2.31. The van der Waals surface area contributed by atoms with E-state index < -0.39 is 10.0 Å². The molecule has 2 fully saturated rings. The van der Waals surface area contributed by atoms with Crippen molar-refractivity contribution in [1.29, 1.82) is 5.26 Å². The predicted octanol–water partition coefficient (Wildman–Crippen LogP) is 2.18. The summed E-state index contributed by atoms with van der Waals surface area (Å²) < 4.78 is 33.0. The Balaban J connectivity index is 1.43. The molecule has 3 heterocycles. The number of pyridine rings is 1. The number of hydrogen-bond acceptors (Lipinski definition) is 6. The van der Waals surface area contributed by atoms with E-state index in [0.717, 1.165) is 24.9 Å². The molecule has 0 aliphatic carbocycles. The molecular formula is C21H24N4O3S. The summed E-state index contributed by atoms with van der Waals surface area (Å²) in [5.41, 5.74) is 1.59. The Kier molecular flexibility index (Phi) is 5.65. The zero-order valence-corrected chi connectivity index (χ0v) is 17.1. The molecule has 2 aliphatic heterocycles. The van der Waals surface area contributed by atoms with Gasteiger partial charge < -0.3 is 4.74 Å². The first-order valence-corrected chi connectivity index (χ1v) is 11.2. The lowest BCUT2D eigenvalue weighted by Gasteiger charge is -2.52. The highest BCUT2D eigenvalue weighted by atomic mass is 32.2. The summed E-state index contributed by atoms with van der Waals surface area (Å²) in [4.78, 5) is 6.89. The average molecular weight is 413 g/mol. The molecule has 0 bridgehead atoms. The number of likely N-dealkylation sites (tertiary alicyclic amines) is 1. The molecule has 29 heavy (non-hydrogen) atoms. The molecule has 2 aromatic rings. The van der Waals surface area contributed by atoms with Crippen molar-refractivity contribution in [2.75, 3.05) is 26.7 Å². The van der Waals surface area contributed by atoms with Gasteiger partial charge >= 0.3 is 0 Å². The second-order valence-corrected chi connectivity index (χ2v) is 9.41. The molecular weight excluding hydrogens is 388 g/mol. The van der Waals surface area contributed by atoms with Crippen LogP contribution in [0.15, 0.2) is 53.7 Å². The fourth-order valence-corrected chi connectivity index (χ4v) is 5.77. The van der Waals surface area contributed by atoms with Crippen molar-refractivity contribution in [3.63, 3.8) is 0 Å². The van der Waals surface area contributed by atoms with Crippen molar-refractivity contribution >= 4 is 10.0 Å². The smallest absolute Gasteiger partial charge is 0.243 e. The number of benzene rings is 1. The van der Waals surface area contributed by atoms with E-state index in [2.05, 4.69) is 16.0 Å². The SMILES string of the molecule is CO[C@H]1CN(C2CCN(S(=O)(=O)c3ccc(C#N)cc3)CC2)[C@H]1c1cccnc1. The normalized spacial score (nSPS) is 24.0. The Morgan fingerprint density at radius 1 is 1.17 bits per heavy atom. The van der Waals surface area contributed by atoms with Gasteiger partial charge in [0.15, 0.2) is 0 Å². The monoisotopic (exact) mass is 412 g/mol. The Bertz CT molecular complexity index is 981. The van der Waals surface area contributed by atoms with Crippen molar-refractivity contribution in [2.24, 2.45) is 0 Å². The van der Waals surface area contributed by atoms with Gasteiger partial charge in [0.1, 0.15) is 0 Å². The van der Waals surface area contributed by atoms with Gasteiger partial charge in [-0.05, 0) is 48.7 Å². The fraction of sp³-hybridized carbons (Fsp3) is 0.429. The van der Waals surface area contributed by atoms with Crippen molar-refractivity contribution in [2.45, 2.75) is 35.9 Å². The van der Waals surface area contributed by atoms with Gasteiger partial charge in [-0.15, -0.1) is 0 Å². The van der Waals surface area contributed by atoms with Gasteiger partial charge in [-0.2, -0.15) is 9.57 Å². The van der Waals surface area contributed by atoms with E-state index in [1.165, 1.54) is 12.1 Å². The number of piperidine rings is 1. The van der Waals surface area contributed by atoms with E-state index in [0.29, 0.717) is 24.7 Å². The number of methoxy groups -OCH3 is 1. The van der Waals surface area contributed by atoms with Crippen LogP contribution in [-0.2, 0) is 14.8 Å². The van der Waals surface area contributed by atoms with Crippen molar-refractivity contribution < 1.29 is 13.2 Å².